The summed E-state index contributed by atoms with van der Waals surface area (Å²) in [6, 6.07) is 1.24. The Bertz CT molecular complexity index is 1020. The summed E-state index contributed by atoms with van der Waals surface area (Å²) in [5, 5.41) is 12.8. The van der Waals surface area contributed by atoms with Crippen LogP contribution in [0.25, 0.3) is 10.9 Å². The maximum absolute atomic E-state index is 15.1. The van der Waals surface area contributed by atoms with Gasteiger partial charge >= 0.3 is 5.97 Å². The van der Waals surface area contributed by atoms with Crippen LogP contribution in [0, 0.1) is 17.7 Å². The van der Waals surface area contributed by atoms with E-state index in [0.29, 0.717) is 36.1 Å². The van der Waals surface area contributed by atoms with E-state index in [4.69, 9.17) is 11.6 Å². The number of halogens is 2. The van der Waals surface area contributed by atoms with E-state index in [1.807, 2.05) is 11.9 Å². The molecule has 0 bridgehead atoms. The molecule has 8 heteroatoms. The second-order valence-electron chi connectivity index (χ2n) is 7.93. The van der Waals surface area contributed by atoms with Gasteiger partial charge in [-0.05, 0) is 44.3 Å². The monoisotopic (exact) mass is 407 g/mol. The van der Waals surface area contributed by atoms with Crippen molar-refractivity contribution in [3.05, 3.63) is 38.9 Å². The van der Waals surface area contributed by atoms with Gasteiger partial charge in [-0.1, -0.05) is 18.5 Å². The molecule has 2 aliphatic rings. The molecule has 0 amide bonds. The molecule has 1 saturated carbocycles. The minimum atomic E-state index is -1.31. The third-order valence-electron chi connectivity index (χ3n) is 5.91. The number of aromatic carboxylic acids is 1. The van der Waals surface area contributed by atoms with Crippen LogP contribution in [0.2, 0.25) is 5.02 Å². The first kappa shape index (κ1) is 19.2. The molecule has 1 aliphatic heterocycles. The molecule has 2 fully saturated rings. The maximum atomic E-state index is 15.1. The summed E-state index contributed by atoms with van der Waals surface area (Å²) in [4.78, 5) is 26.1. The summed E-state index contributed by atoms with van der Waals surface area (Å²) in [6.45, 7) is 4.31. The fraction of sp³-hybridized carbons (Fsp3) is 0.500. The van der Waals surface area contributed by atoms with Crippen molar-refractivity contribution in [2.45, 2.75) is 25.8 Å². The van der Waals surface area contributed by atoms with Crippen molar-refractivity contribution in [3.63, 3.8) is 0 Å². The van der Waals surface area contributed by atoms with Gasteiger partial charge in [0, 0.05) is 25.3 Å². The number of benzene rings is 1. The number of nitrogens with zero attached hydrogens (tertiary/aromatic N) is 2. The van der Waals surface area contributed by atoms with E-state index in [-0.39, 0.29) is 22.0 Å². The molecule has 2 N–H and O–H groups in total. The molecule has 6 nitrogen and oxygen atoms in total. The predicted octanol–water partition coefficient (Wildman–Crippen LogP) is 3.12. The Labute approximate surface area is 166 Å². The van der Waals surface area contributed by atoms with Crippen molar-refractivity contribution in [1.82, 2.24) is 9.88 Å². The smallest absolute Gasteiger partial charge is 0.341 e. The molecule has 0 radical (unpaired) electrons. The molecule has 1 aromatic heterocycles. The topological polar surface area (TPSA) is 74.6 Å². The average molecular weight is 408 g/mol. The van der Waals surface area contributed by atoms with Gasteiger partial charge in [-0.25, -0.2) is 9.18 Å². The number of carboxylic acid groups (broad SMARTS) is 1. The van der Waals surface area contributed by atoms with Gasteiger partial charge in [0.05, 0.1) is 21.6 Å². The Morgan fingerprint density at radius 1 is 1.39 bits per heavy atom. The molecule has 2 atom stereocenters. The summed E-state index contributed by atoms with van der Waals surface area (Å²) in [5.41, 5.74) is -0.321. The van der Waals surface area contributed by atoms with E-state index >= 15 is 4.39 Å². The van der Waals surface area contributed by atoms with E-state index in [2.05, 4.69) is 12.2 Å². The van der Waals surface area contributed by atoms with Gasteiger partial charge in [0.1, 0.15) is 11.4 Å². The first-order valence-corrected chi connectivity index (χ1v) is 9.91. The summed E-state index contributed by atoms with van der Waals surface area (Å²) in [5.74, 6) is -1.16. The minimum Gasteiger partial charge on any atom is -0.477 e. The lowest BCUT2D eigenvalue weighted by molar-refractivity contribution is 0.0695. The lowest BCUT2D eigenvalue weighted by atomic mass is 9.98. The molecule has 2 unspecified atom stereocenters. The highest BCUT2D eigenvalue weighted by Gasteiger charge is 2.34. The van der Waals surface area contributed by atoms with Crippen LogP contribution in [0.1, 0.15) is 36.2 Å². The summed E-state index contributed by atoms with van der Waals surface area (Å²) in [7, 11) is 1.90. The van der Waals surface area contributed by atoms with Crippen LogP contribution in [-0.4, -0.2) is 42.3 Å². The molecular weight excluding hydrogens is 385 g/mol. The molecule has 1 aliphatic carbocycles. The predicted molar refractivity (Wildman–Crippen MR) is 107 cm³/mol. The zero-order chi connectivity index (χ0) is 20.2. The number of carbonyl (C=O) groups is 1. The van der Waals surface area contributed by atoms with Gasteiger partial charge < -0.3 is 19.9 Å². The van der Waals surface area contributed by atoms with Crippen LogP contribution in [0.3, 0.4) is 0 Å². The van der Waals surface area contributed by atoms with E-state index < -0.39 is 17.2 Å². The van der Waals surface area contributed by atoms with Crippen molar-refractivity contribution in [1.29, 1.82) is 0 Å². The zero-order valence-electron chi connectivity index (χ0n) is 15.8. The highest BCUT2D eigenvalue weighted by Crippen LogP contribution is 2.43. The second kappa shape index (κ2) is 7.04. The van der Waals surface area contributed by atoms with Gasteiger partial charge in [0.15, 0.2) is 0 Å². The van der Waals surface area contributed by atoms with Gasteiger partial charge in [0.25, 0.3) is 0 Å². The van der Waals surface area contributed by atoms with Crippen LogP contribution < -0.4 is 15.6 Å². The Kier molecular flexibility index (Phi) is 4.83. The SMILES string of the molecule is CNCC1CN(c2c(F)cc3c(=O)c(C(=O)O)cn(C4CC4)c3c2Cl)CC1C. The molecule has 1 aromatic carbocycles. The molecule has 28 heavy (non-hydrogen) atoms. The van der Waals surface area contributed by atoms with Gasteiger partial charge in [0.2, 0.25) is 5.43 Å². The largest absolute Gasteiger partial charge is 0.477 e. The number of aromatic nitrogens is 1. The molecule has 2 aromatic rings. The Hall–Kier alpha value is -2.12. The standard InChI is InChI=1S/C20H23ClFN3O3/c1-10-7-24(8-11(10)6-23-2)18-15(22)5-13-17(16(18)21)25(12-3-4-12)9-14(19(13)26)20(27)28/h5,9-12,23H,3-4,6-8H2,1-2H3,(H,27,28). The fourth-order valence-electron chi connectivity index (χ4n) is 4.26. The third kappa shape index (κ3) is 3.06. The maximum Gasteiger partial charge on any atom is 0.341 e. The first-order valence-electron chi connectivity index (χ1n) is 9.53. The summed E-state index contributed by atoms with van der Waals surface area (Å²) in [6.07, 6.45) is 3.12. The number of rotatable bonds is 5. The van der Waals surface area contributed by atoms with Crippen molar-refractivity contribution in [2.75, 3.05) is 31.6 Å². The molecule has 2 heterocycles. The number of hydrogen-bond acceptors (Lipinski definition) is 4. The van der Waals surface area contributed by atoms with E-state index in [9.17, 15) is 14.7 Å². The molecule has 0 spiro atoms. The summed E-state index contributed by atoms with van der Waals surface area (Å²) >= 11 is 6.68. The van der Waals surface area contributed by atoms with Gasteiger partial charge in [-0.3, -0.25) is 4.79 Å². The number of nitrogens with one attached hydrogen (secondary N) is 1. The normalized spacial score (nSPS) is 22.2. The number of carboxylic acids is 1. The molecular formula is C20H23ClFN3O3. The zero-order valence-corrected chi connectivity index (χ0v) is 16.6. The number of anilines is 1. The van der Waals surface area contributed by atoms with Crippen LogP contribution in [-0.2, 0) is 0 Å². The Morgan fingerprint density at radius 3 is 2.71 bits per heavy atom. The van der Waals surface area contributed by atoms with Crippen LogP contribution >= 0.6 is 11.6 Å². The molecule has 4 rings (SSSR count). The Morgan fingerprint density at radius 2 is 2.11 bits per heavy atom. The third-order valence-corrected chi connectivity index (χ3v) is 6.26. The van der Waals surface area contributed by atoms with Gasteiger partial charge in [-0.15, -0.1) is 0 Å². The van der Waals surface area contributed by atoms with Crippen molar-refractivity contribution in [3.8, 4) is 0 Å². The van der Waals surface area contributed by atoms with Crippen molar-refractivity contribution < 1.29 is 14.3 Å². The number of hydrogen-bond donors (Lipinski definition) is 2. The fourth-order valence-corrected chi connectivity index (χ4v) is 4.67. The first-order chi connectivity index (χ1) is 13.3. The van der Waals surface area contributed by atoms with E-state index in [1.54, 1.807) is 4.57 Å². The van der Waals surface area contributed by atoms with Gasteiger partial charge in [-0.2, -0.15) is 0 Å². The highest BCUT2D eigenvalue weighted by molar-refractivity contribution is 6.38. The lowest BCUT2D eigenvalue weighted by Crippen LogP contribution is -2.26. The van der Waals surface area contributed by atoms with Crippen molar-refractivity contribution in [2.24, 2.45) is 11.8 Å². The van der Waals surface area contributed by atoms with E-state index in [1.165, 1.54) is 6.20 Å². The molecule has 1 saturated heterocycles. The minimum absolute atomic E-state index is 0.0251. The van der Waals surface area contributed by atoms with Crippen molar-refractivity contribution >= 4 is 34.2 Å². The van der Waals surface area contributed by atoms with Crippen LogP contribution in [0.15, 0.2) is 17.1 Å². The van der Waals surface area contributed by atoms with Crippen LogP contribution in [0.4, 0.5) is 10.1 Å². The molecule has 150 valence electrons. The van der Waals surface area contributed by atoms with E-state index in [0.717, 1.165) is 25.5 Å². The Balaban J connectivity index is 1.91. The number of fused-ring (bicyclic) bond motifs is 1. The quantitative estimate of drug-likeness (QED) is 0.796. The number of pyridine rings is 1. The highest BCUT2D eigenvalue weighted by atomic mass is 35.5. The van der Waals surface area contributed by atoms with Crippen LogP contribution in [0.5, 0.6) is 0 Å². The second-order valence-corrected chi connectivity index (χ2v) is 8.31. The summed E-state index contributed by atoms with van der Waals surface area (Å²) < 4.78 is 16.8. The average Bonchev–Trinajstić information content (AvgIpc) is 3.41. The lowest BCUT2D eigenvalue weighted by Gasteiger charge is -2.23.